The minimum Gasteiger partial charge on any atom is -0.376 e. The average Bonchev–Trinajstić information content (AvgIpc) is 3.26. The fraction of sp³-hybridized carbons (Fsp3) is 0.476. The van der Waals surface area contributed by atoms with E-state index in [-0.39, 0.29) is 23.7 Å². The summed E-state index contributed by atoms with van der Waals surface area (Å²) >= 11 is 0. The molecule has 2 unspecified atom stereocenters. The predicted molar refractivity (Wildman–Crippen MR) is 104 cm³/mol. The van der Waals surface area contributed by atoms with Crippen molar-refractivity contribution in [1.82, 2.24) is 15.3 Å². The van der Waals surface area contributed by atoms with Crippen molar-refractivity contribution in [2.45, 2.75) is 31.8 Å². The van der Waals surface area contributed by atoms with E-state index < -0.39 is 0 Å². The average molecular weight is 384 g/mol. The van der Waals surface area contributed by atoms with Crippen molar-refractivity contribution in [3.63, 3.8) is 0 Å². The van der Waals surface area contributed by atoms with Gasteiger partial charge in [-0.2, -0.15) is 0 Å². The molecule has 6 nitrogen and oxygen atoms in total. The third-order valence-electron chi connectivity index (χ3n) is 5.39. The highest BCUT2D eigenvalue weighted by molar-refractivity contribution is 5.79. The number of amides is 1. The number of rotatable bonds is 5. The third-order valence-corrected chi connectivity index (χ3v) is 5.39. The second-order valence-electron chi connectivity index (χ2n) is 7.41. The molecular formula is C21H25FN4O2. The Morgan fingerprint density at radius 1 is 1.21 bits per heavy atom. The highest BCUT2D eigenvalue weighted by Crippen LogP contribution is 2.24. The van der Waals surface area contributed by atoms with Gasteiger partial charge in [0, 0.05) is 38.0 Å². The quantitative estimate of drug-likeness (QED) is 0.859. The lowest BCUT2D eigenvalue weighted by Crippen LogP contribution is -2.45. The van der Waals surface area contributed by atoms with Gasteiger partial charge in [0.25, 0.3) is 0 Å². The first kappa shape index (κ1) is 18.8. The largest absolute Gasteiger partial charge is 0.376 e. The highest BCUT2D eigenvalue weighted by atomic mass is 19.1. The molecule has 28 heavy (non-hydrogen) atoms. The van der Waals surface area contributed by atoms with Crippen molar-refractivity contribution >= 4 is 11.7 Å². The number of aromatic nitrogens is 2. The van der Waals surface area contributed by atoms with Crippen molar-refractivity contribution in [2.24, 2.45) is 5.92 Å². The smallest absolute Gasteiger partial charge is 0.224 e. The van der Waals surface area contributed by atoms with E-state index in [1.165, 1.54) is 12.1 Å². The zero-order valence-electron chi connectivity index (χ0n) is 15.8. The number of anilines is 1. The van der Waals surface area contributed by atoms with Gasteiger partial charge in [-0.25, -0.2) is 14.4 Å². The van der Waals surface area contributed by atoms with E-state index in [1.54, 1.807) is 18.3 Å². The minimum absolute atomic E-state index is 0.0561. The van der Waals surface area contributed by atoms with Crippen molar-refractivity contribution < 1.29 is 13.9 Å². The number of ether oxygens (including phenoxy) is 1. The molecule has 4 rings (SSSR count). The summed E-state index contributed by atoms with van der Waals surface area (Å²) in [5, 5.41) is 3.05. The maximum absolute atomic E-state index is 13.2. The normalized spacial score (nSPS) is 22.2. The van der Waals surface area contributed by atoms with Crippen LogP contribution in [0.4, 0.5) is 10.2 Å². The Hall–Kier alpha value is -2.54. The molecule has 2 fully saturated rings. The highest BCUT2D eigenvalue weighted by Gasteiger charge is 2.27. The van der Waals surface area contributed by atoms with E-state index in [2.05, 4.69) is 20.2 Å². The van der Waals surface area contributed by atoms with Gasteiger partial charge in [0.05, 0.1) is 12.0 Å². The molecule has 2 aliphatic rings. The molecule has 0 spiro atoms. The van der Waals surface area contributed by atoms with Crippen LogP contribution in [0, 0.1) is 11.7 Å². The molecular weight excluding hydrogens is 359 g/mol. The SMILES string of the molecule is O=C(NCC1CCCO1)C1CCCN(c2ccnc(-c3ccc(F)cc3)n2)C1. The standard InChI is InChI=1S/C21H25FN4O2/c22-17-7-5-15(6-8-17)20-23-10-9-19(25-20)26-11-1-3-16(14-26)21(27)24-13-18-4-2-12-28-18/h5-10,16,18H,1-4,11-14H2,(H,24,27). The Morgan fingerprint density at radius 2 is 2.07 bits per heavy atom. The number of carbonyl (C=O) groups excluding carboxylic acids is 1. The molecule has 0 radical (unpaired) electrons. The van der Waals surface area contributed by atoms with Crippen LogP contribution in [-0.4, -0.2) is 48.2 Å². The molecule has 2 aromatic rings. The molecule has 0 bridgehead atoms. The van der Waals surface area contributed by atoms with Gasteiger partial charge in [-0.15, -0.1) is 0 Å². The van der Waals surface area contributed by atoms with Crippen LogP contribution in [0.3, 0.4) is 0 Å². The topological polar surface area (TPSA) is 67.3 Å². The summed E-state index contributed by atoms with van der Waals surface area (Å²) in [5.74, 6) is 1.11. The van der Waals surface area contributed by atoms with Gasteiger partial charge in [-0.1, -0.05) is 0 Å². The molecule has 1 aromatic heterocycles. The Labute approximate surface area is 164 Å². The summed E-state index contributed by atoms with van der Waals surface area (Å²) < 4.78 is 18.7. The Morgan fingerprint density at radius 3 is 2.86 bits per heavy atom. The molecule has 1 amide bonds. The van der Waals surface area contributed by atoms with Gasteiger partial charge in [0.15, 0.2) is 5.82 Å². The first-order chi connectivity index (χ1) is 13.7. The fourth-order valence-corrected chi connectivity index (χ4v) is 3.83. The molecule has 3 heterocycles. The van der Waals surface area contributed by atoms with E-state index in [0.29, 0.717) is 18.9 Å². The summed E-state index contributed by atoms with van der Waals surface area (Å²) in [4.78, 5) is 23.7. The van der Waals surface area contributed by atoms with Crippen LogP contribution in [0.1, 0.15) is 25.7 Å². The number of nitrogens with zero attached hydrogens (tertiary/aromatic N) is 3. The van der Waals surface area contributed by atoms with Gasteiger partial charge in [0.2, 0.25) is 5.91 Å². The molecule has 2 aliphatic heterocycles. The van der Waals surface area contributed by atoms with Gasteiger partial charge in [0.1, 0.15) is 11.6 Å². The molecule has 7 heteroatoms. The predicted octanol–water partition coefficient (Wildman–Crippen LogP) is 2.79. The lowest BCUT2D eigenvalue weighted by atomic mass is 9.97. The van der Waals surface area contributed by atoms with Gasteiger partial charge in [-0.05, 0) is 56.0 Å². The van der Waals surface area contributed by atoms with Crippen LogP contribution in [0.2, 0.25) is 0 Å². The lowest BCUT2D eigenvalue weighted by Gasteiger charge is -2.33. The summed E-state index contributed by atoms with van der Waals surface area (Å²) in [5.41, 5.74) is 0.770. The first-order valence-corrected chi connectivity index (χ1v) is 9.92. The van der Waals surface area contributed by atoms with Crippen molar-refractivity contribution in [3.8, 4) is 11.4 Å². The molecule has 1 aromatic carbocycles. The number of nitrogens with one attached hydrogen (secondary N) is 1. The number of piperidine rings is 1. The Balaban J connectivity index is 1.40. The van der Waals surface area contributed by atoms with Crippen molar-refractivity contribution in [1.29, 1.82) is 0 Å². The van der Waals surface area contributed by atoms with E-state index in [0.717, 1.165) is 50.2 Å². The monoisotopic (exact) mass is 384 g/mol. The van der Waals surface area contributed by atoms with Crippen LogP contribution >= 0.6 is 0 Å². The van der Waals surface area contributed by atoms with Crippen molar-refractivity contribution in [2.75, 3.05) is 31.1 Å². The molecule has 2 atom stereocenters. The number of hydrogen-bond acceptors (Lipinski definition) is 5. The summed E-state index contributed by atoms with van der Waals surface area (Å²) in [6.45, 7) is 2.88. The second kappa shape index (κ2) is 8.65. The Bertz CT molecular complexity index is 808. The maximum Gasteiger partial charge on any atom is 0.224 e. The molecule has 0 aliphatic carbocycles. The van der Waals surface area contributed by atoms with Crippen LogP contribution in [0.15, 0.2) is 36.5 Å². The maximum atomic E-state index is 13.2. The summed E-state index contributed by atoms with van der Waals surface area (Å²) in [7, 11) is 0. The zero-order chi connectivity index (χ0) is 19.3. The number of halogens is 1. The van der Waals surface area contributed by atoms with E-state index >= 15 is 0 Å². The van der Waals surface area contributed by atoms with E-state index in [1.807, 2.05) is 6.07 Å². The Kier molecular flexibility index (Phi) is 5.81. The number of carbonyl (C=O) groups is 1. The minimum atomic E-state index is -0.284. The molecule has 1 N–H and O–H groups in total. The van der Waals surface area contributed by atoms with Crippen LogP contribution in [0.25, 0.3) is 11.4 Å². The van der Waals surface area contributed by atoms with E-state index in [4.69, 9.17) is 4.74 Å². The first-order valence-electron chi connectivity index (χ1n) is 9.92. The summed E-state index contributed by atoms with van der Waals surface area (Å²) in [6.07, 6.45) is 5.77. The number of benzene rings is 1. The lowest BCUT2D eigenvalue weighted by molar-refractivity contribution is -0.125. The summed E-state index contributed by atoms with van der Waals surface area (Å²) in [6, 6.07) is 8.01. The second-order valence-corrected chi connectivity index (χ2v) is 7.41. The van der Waals surface area contributed by atoms with Gasteiger partial charge in [-0.3, -0.25) is 4.79 Å². The van der Waals surface area contributed by atoms with E-state index in [9.17, 15) is 9.18 Å². The molecule has 148 valence electrons. The molecule has 0 saturated carbocycles. The van der Waals surface area contributed by atoms with Crippen LogP contribution < -0.4 is 10.2 Å². The fourth-order valence-electron chi connectivity index (χ4n) is 3.83. The third kappa shape index (κ3) is 4.47. The number of hydrogen-bond donors (Lipinski definition) is 1. The van der Waals surface area contributed by atoms with Crippen LogP contribution in [0.5, 0.6) is 0 Å². The molecule has 2 saturated heterocycles. The van der Waals surface area contributed by atoms with Gasteiger partial charge < -0.3 is 15.0 Å². The van der Waals surface area contributed by atoms with Crippen LogP contribution in [-0.2, 0) is 9.53 Å². The zero-order valence-corrected chi connectivity index (χ0v) is 15.8. The van der Waals surface area contributed by atoms with Crippen molar-refractivity contribution in [3.05, 3.63) is 42.3 Å². The van der Waals surface area contributed by atoms with Gasteiger partial charge >= 0.3 is 0 Å².